The molecule has 6 nitrogen and oxygen atoms in total. The van der Waals surface area contributed by atoms with Gasteiger partial charge in [-0.05, 0) is 51.4 Å². The second-order valence-corrected chi connectivity index (χ2v) is 13.6. The standard InChI is InChI=1S/C49H38N6/c1-33-50-45(38-15-7-3-8-16-38)52-46(51-33)40-29-23-36(24-30-40)43-19-11-12-20-44(43)37-25-31-42(32-26-37)49-54-47(39-17-9-4-10-18-39)53-48(55-49)41-27-21-35(22-28-41)34-13-5-2-6-14-34/h2-32,46,48H,1H3,(H,50,51,52)(H,53,54,55). The molecule has 0 bridgehead atoms. The minimum atomic E-state index is -0.380. The summed E-state index contributed by atoms with van der Waals surface area (Å²) >= 11 is 0. The van der Waals surface area contributed by atoms with Crippen molar-refractivity contribution in [2.45, 2.75) is 19.3 Å². The number of hydrogen-bond acceptors (Lipinski definition) is 6. The van der Waals surface area contributed by atoms with Crippen molar-refractivity contribution in [1.29, 1.82) is 0 Å². The van der Waals surface area contributed by atoms with Gasteiger partial charge in [0.1, 0.15) is 23.3 Å². The van der Waals surface area contributed by atoms with Crippen LogP contribution in [0.1, 0.15) is 47.1 Å². The van der Waals surface area contributed by atoms with Crippen LogP contribution in [-0.4, -0.2) is 23.3 Å². The average molecular weight is 711 g/mol. The molecule has 264 valence electrons. The quantitative estimate of drug-likeness (QED) is 0.165. The highest BCUT2D eigenvalue weighted by atomic mass is 15.2. The Balaban J connectivity index is 0.988. The van der Waals surface area contributed by atoms with Crippen molar-refractivity contribution in [2.75, 3.05) is 0 Å². The zero-order chi connectivity index (χ0) is 37.0. The van der Waals surface area contributed by atoms with E-state index in [1.165, 1.54) is 11.1 Å². The van der Waals surface area contributed by atoms with Gasteiger partial charge in [-0.25, -0.2) is 20.0 Å². The molecule has 0 saturated carbocycles. The SMILES string of the molecule is CC1=NC(c2ccc(-c3ccccc3-c3ccc(C4=NC(c5ccc(-c6ccccc6)cc5)N=C(c5ccccc5)N4)cc3)cc2)N=C(c2ccccc2)N1. The van der Waals surface area contributed by atoms with E-state index in [-0.39, 0.29) is 12.3 Å². The number of nitrogens with zero attached hydrogens (tertiary/aromatic N) is 4. The summed E-state index contributed by atoms with van der Waals surface area (Å²) < 4.78 is 0. The van der Waals surface area contributed by atoms with E-state index in [9.17, 15) is 0 Å². The maximum absolute atomic E-state index is 5.14. The fraction of sp³-hybridized carbons (Fsp3) is 0.0612. The first-order chi connectivity index (χ1) is 27.1. The van der Waals surface area contributed by atoms with E-state index in [0.717, 1.165) is 73.4 Å². The van der Waals surface area contributed by atoms with E-state index in [1.807, 2.05) is 49.4 Å². The number of aliphatic imine (C=N–C) groups is 4. The maximum atomic E-state index is 5.14. The largest absolute Gasteiger partial charge is 0.329 e. The Hall–Kier alpha value is -7.18. The number of hydrogen-bond donors (Lipinski definition) is 2. The molecule has 55 heavy (non-hydrogen) atoms. The van der Waals surface area contributed by atoms with Gasteiger partial charge in [0.2, 0.25) is 0 Å². The first kappa shape index (κ1) is 33.6. The summed E-state index contributed by atoms with van der Waals surface area (Å²) in [5.74, 6) is 3.27. The lowest BCUT2D eigenvalue weighted by molar-refractivity contribution is 0.754. The fourth-order valence-electron chi connectivity index (χ4n) is 7.06. The molecule has 0 radical (unpaired) electrons. The Morgan fingerprint density at radius 3 is 1.13 bits per heavy atom. The van der Waals surface area contributed by atoms with Crippen molar-refractivity contribution in [3.63, 3.8) is 0 Å². The molecule has 2 aliphatic heterocycles. The molecular formula is C49H38N6. The molecule has 7 aromatic carbocycles. The van der Waals surface area contributed by atoms with Crippen molar-refractivity contribution in [1.82, 2.24) is 10.6 Å². The lowest BCUT2D eigenvalue weighted by Crippen LogP contribution is -2.36. The monoisotopic (exact) mass is 710 g/mol. The van der Waals surface area contributed by atoms with E-state index in [0.29, 0.717) is 0 Å². The van der Waals surface area contributed by atoms with Crippen LogP contribution in [-0.2, 0) is 0 Å². The first-order valence-electron chi connectivity index (χ1n) is 18.5. The predicted molar refractivity (Wildman–Crippen MR) is 227 cm³/mol. The Labute approximate surface area is 321 Å². The van der Waals surface area contributed by atoms with Crippen molar-refractivity contribution in [3.05, 3.63) is 216 Å². The number of amidine groups is 4. The summed E-state index contributed by atoms with van der Waals surface area (Å²) in [7, 11) is 0. The topological polar surface area (TPSA) is 73.5 Å². The van der Waals surface area contributed by atoms with Crippen LogP contribution in [0.25, 0.3) is 33.4 Å². The normalized spacial score (nSPS) is 16.5. The van der Waals surface area contributed by atoms with E-state index in [2.05, 4.69) is 156 Å². The minimum absolute atomic E-state index is 0.301. The molecule has 0 saturated heterocycles. The van der Waals surface area contributed by atoms with Gasteiger partial charge < -0.3 is 10.6 Å². The highest BCUT2D eigenvalue weighted by molar-refractivity contribution is 6.16. The first-order valence-corrected chi connectivity index (χ1v) is 18.5. The van der Waals surface area contributed by atoms with Gasteiger partial charge in [0.15, 0.2) is 12.3 Å². The molecule has 2 heterocycles. The second-order valence-electron chi connectivity index (χ2n) is 13.6. The summed E-state index contributed by atoms with van der Waals surface area (Å²) in [6.45, 7) is 1.98. The Kier molecular flexibility index (Phi) is 9.21. The van der Waals surface area contributed by atoms with Gasteiger partial charge in [0, 0.05) is 16.7 Å². The molecule has 0 aliphatic carbocycles. The van der Waals surface area contributed by atoms with Crippen molar-refractivity contribution >= 4 is 23.3 Å². The third kappa shape index (κ3) is 7.26. The van der Waals surface area contributed by atoms with Crippen LogP contribution >= 0.6 is 0 Å². The molecule has 9 rings (SSSR count). The predicted octanol–water partition coefficient (Wildman–Crippen LogP) is 10.6. The van der Waals surface area contributed by atoms with Gasteiger partial charge in [-0.3, -0.25) is 0 Å². The van der Waals surface area contributed by atoms with E-state index in [1.54, 1.807) is 0 Å². The van der Waals surface area contributed by atoms with Crippen LogP contribution in [0.4, 0.5) is 0 Å². The molecule has 7 aromatic rings. The average Bonchev–Trinajstić information content (AvgIpc) is 3.27. The summed E-state index contributed by atoms with van der Waals surface area (Å²) in [6.07, 6.45) is -0.681. The van der Waals surface area contributed by atoms with Crippen molar-refractivity contribution in [3.8, 4) is 33.4 Å². The maximum Gasteiger partial charge on any atom is 0.169 e. The Bertz CT molecular complexity index is 2560. The number of nitrogens with one attached hydrogen (secondary N) is 2. The fourth-order valence-corrected chi connectivity index (χ4v) is 7.06. The molecule has 6 heteroatoms. The third-order valence-electron chi connectivity index (χ3n) is 9.93. The zero-order valence-corrected chi connectivity index (χ0v) is 30.3. The molecule has 0 spiro atoms. The van der Waals surface area contributed by atoms with Gasteiger partial charge in [-0.15, -0.1) is 0 Å². The van der Waals surface area contributed by atoms with E-state index < -0.39 is 0 Å². The van der Waals surface area contributed by atoms with Gasteiger partial charge in [-0.1, -0.05) is 188 Å². The van der Waals surface area contributed by atoms with Crippen molar-refractivity contribution in [2.24, 2.45) is 20.0 Å². The lowest BCUT2D eigenvalue weighted by Gasteiger charge is -2.22. The Morgan fingerprint density at radius 1 is 0.309 bits per heavy atom. The second kappa shape index (κ2) is 15.0. The number of benzene rings is 7. The minimum Gasteiger partial charge on any atom is -0.329 e. The zero-order valence-electron chi connectivity index (χ0n) is 30.3. The van der Waals surface area contributed by atoms with Crippen LogP contribution in [0.5, 0.6) is 0 Å². The molecule has 2 aliphatic rings. The smallest absolute Gasteiger partial charge is 0.169 e. The van der Waals surface area contributed by atoms with Crippen LogP contribution in [0, 0.1) is 0 Å². The van der Waals surface area contributed by atoms with Gasteiger partial charge in [0.05, 0.1) is 0 Å². The highest BCUT2D eigenvalue weighted by Gasteiger charge is 2.22. The van der Waals surface area contributed by atoms with E-state index >= 15 is 0 Å². The molecule has 0 aromatic heterocycles. The molecule has 2 atom stereocenters. The number of rotatable bonds is 8. The highest BCUT2D eigenvalue weighted by Crippen LogP contribution is 2.34. The summed E-state index contributed by atoms with van der Waals surface area (Å²) in [4.78, 5) is 19.9. The lowest BCUT2D eigenvalue weighted by atomic mass is 9.93. The summed E-state index contributed by atoms with van der Waals surface area (Å²) in [5.41, 5.74) is 12.1. The van der Waals surface area contributed by atoms with Gasteiger partial charge in [-0.2, -0.15) is 0 Å². The van der Waals surface area contributed by atoms with Crippen LogP contribution in [0.3, 0.4) is 0 Å². The van der Waals surface area contributed by atoms with Crippen molar-refractivity contribution < 1.29 is 0 Å². The summed E-state index contributed by atoms with van der Waals surface area (Å²) in [5, 5.41) is 6.87. The van der Waals surface area contributed by atoms with Crippen LogP contribution in [0.15, 0.2) is 208 Å². The molecular weight excluding hydrogens is 673 g/mol. The molecule has 2 unspecified atom stereocenters. The van der Waals surface area contributed by atoms with Gasteiger partial charge in [0.25, 0.3) is 0 Å². The van der Waals surface area contributed by atoms with E-state index in [4.69, 9.17) is 20.0 Å². The van der Waals surface area contributed by atoms with Gasteiger partial charge >= 0.3 is 0 Å². The summed E-state index contributed by atoms with van der Waals surface area (Å²) in [6, 6.07) is 65.2. The van der Waals surface area contributed by atoms with Crippen LogP contribution in [0.2, 0.25) is 0 Å². The van der Waals surface area contributed by atoms with Crippen LogP contribution < -0.4 is 10.6 Å². The Morgan fingerprint density at radius 2 is 0.636 bits per heavy atom. The third-order valence-corrected chi connectivity index (χ3v) is 9.93. The molecule has 2 N–H and O–H groups in total. The molecule has 0 amide bonds. The molecule has 0 fully saturated rings.